The highest BCUT2D eigenvalue weighted by atomic mass is 16.4. The van der Waals surface area contributed by atoms with Crippen LogP contribution in [0.4, 0.5) is 0 Å². The van der Waals surface area contributed by atoms with Crippen molar-refractivity contribution in [3.8, 4) is 0 Å². The van der Waals surface area contributed by atoms with Crippen LogP contribution in [0.25, 0.3) is 23.1 Å². The van der Waals surface area contributed by atoms with E-state index in [-0.39, 0.29) is 5.63 Å². The highest BCUT2D eigenvalue weighted by molar-refractivity contribution is 5.84. The lowest BCUT2D eigenvalue weighted by molar-refractivity contribution is 0.558. The fourth-order valence-corrected chi connectivity index (χ4v) is 2.37. The van der Waals surface area contributed by atoms with Crippen LogP contribution in [0.5, 0.6) is 0 Å². The topological polar surface area (TPSA) is 30.2 Å². The van der Waals surface area contributed by atoms with E-state index in [2.05, 4.69) is 19.1 Å². The van der Waals surface area contributed by atoms with Gasteiger partial charge in [0.15, 0.2) is 0 Å². The first-order chi connectivity index (χ1) is 10.1. The molecule has 0 saturated carbocycles. The van der Waals surface area contributed by atoms with E-state index in [1.807, 2.05) is 55.5 Å². The quantitative estimate of drug-likeness (QED) is 0.641. The first-order valence-electron chi connectivity index (χ1n) is 6.92. The molecule has 0 aliphatic heterocycles. The molecule has 0 spiro atoms. The summed E-state index contributed by atoms with van der Waals surface area (Å²) >= 11 is 0. The lowest BCUT2D eigenvalue weighted by Gasteiger charge is -2.04. The van der Waals surface area contributed by atoms with Crippen LogP contribution in [0.2, 0.25) is 0 Å². The van der Waals surface area contributed by atoms with Gasteiger partial charge in [-0.2, -0.15) is 0 Å². The van der Waals surface area contributed by atoms with E-state index in [0.717, 1.165) is 16.5 Å². The van der Waals surface area contributed by atoms with Gasteiger partial charge in [-0.05, 0) is 37.1 Å². The van der Waals surface area contributed by atoms with Crippen LogP contribution in [-0.4, -0.2) is 0 Å². The van der Waals surface area contributed by atoms with E-state index < -0.39 is 0 Å². The van der Waals surface area contributed by atoms with E-state index in [4.69, 9.17) is 4.42 Å². The van der Waals surface area contributed by atoms with Gasteiger partial charge in [0.25, 0.3) is 0 Å². The maximum atomic E-state index is 12.1. The van der Waals surface area contributed by atoms with E-state index in [1.54, 1.807) is 0 Å². The van der Waals surface area contributed by atoms with Crippen molar-refractivity contribution < 1.29 is 4.42 Å². The number of hydrogen-bond acceptors (Lipinski definition) is 2. The normalized spacial score (nSPS) is 11.3. The highest BCUT2D eigenvalue weighted by Gasteiger charge is 2.07. The first kappa shape index (κ1) is 13.4. The molecule has 1 aromatic heterocycles. The number of hydrogen-bond donors (Lipinski definition) is 0. The average Bonchev–Trinajstić information content (AvgIpc) is 2.49. The molecular formula is C19H16O2. The van der Waals surface area contributed by atoms with Crippen molar-refractivity contribution in [3.63, 3.8) is 0 Å². The van der Waals surface area contributed by atoms with E-state index >= 15 is 0 Å². The zero-order valence-corrected chi connectivity index (χ0v) is 12.1. The molecule has 0 aliphatic carbocycles. The summed E-state index contributed by atoms with van der Waals surface area (Å²) < 4.78 is 5.37. The number of para-hydroxylation sites is 1. The lowest BCUT2D eigenvalue weighted by atomic mass is 10.0. The Balaban J connectivity index is 2.08. The van der Waals surface area contributed by atoms with E-state index in [9.17, 15) is 4.79 Å². The lowest BCUT2D eigenvalue weighted by Crippen LogP contribution is -2.05. The molecule has 1 heterocycles. The van der Waals surface area contributed by atoms with Gasteiger partial charge in [0.05, 0.1) is 5.56 Å². The molecule has 2 aromatic carbocycles. The maximum absolute atomic E-state index is 12.1. The van der Waals surface area contributed by atoms with Crippen molar-refractivity contribution in [2.24, 2.45) is 0 Å². The third kappa shape index (κ3) is 2.65. The molecule has 0 fully saturated rings. The zero-order valence-electron chi connectivity index (χ0n) is 12.1. The van der Waals surface area contributed by atoms with Gasteiger partial charge < -0.3 is 4.42 Å². The molecular weight excluding hydrogens is 260 g/mol. The van der Waals surface area contributed by atoms with E-state index in [0.29, 0.717) is 11.1 Å². The van der Waals surface area contributed by atoms with Gasteiger partial charge in [-0.15, -0.1) is 0 Å². The third-order valence-electron chi connectivity index (χ3n) is 3.64. The summed E-state index contributed by atoms with van der Waals surface area (Å²) in [5.74, 6) is 0. The van der Waals surface area contributed by atoms with Crippen LogP contribution < -0.4 is 5.63 Å². The molecule has 0 radical (unpaired) electrons. The van der Waals surface area contributed by atoms with Crippen LogP contribution in [0, 0.1) is 13.8 Å². The van der Waals surface area contributed by atoms with Gasteiger partial charge in [-0.1, -0.05) is 54.1 Å². The summed E-state index contributed by atoms with van der Waals surface area (Å²) in [7, 11) is 0. The van der Waals surface area contributed by atoms with Crippen molar-refractivity contribution in [1.82, 2.24) is 0 Å². The summed E-state index contributed by atoms with van der Waals surface area (Å²) in [5, 5.41) is 0.973. The molecule has 3 aromatic rings. The minimum absolute atomic E-state index is 0.297. The van der Waals surface area contributed by atoms with Crippen LogP contribution in [0.15, 0.2) is 57.7 Å². The molecule has 2 heteroatoms. The zero-order chi connectivity index (χ0) is 14.8. The van der Waals surface area contributed by atoms with Crippen LogP contribution in [-0.2, 0) is 0 Å². The van der Waals surface area contributed by atoms with Crippen LogP contribution >= 0.6 is 0 Å². The van der Waals surface area contributed by atoms with Gasteiger partial charge in [-0.25, -0.2) is 4.79 Å². The molecule has 21 heavy (non-hydrogen) atoms. The van der Waals surface area contributed by atoms with Crippen molar-refractivity contribution in [2.45, 2.75) is 13.8 Å². The largest absolute Gasteiger partial charge is 0.422 e. The number of aryl methyl sites for hydroxylation is 2. The highest BCUT2D eigenvalue weighted by Crippen LogP contribution is 2.20. The van der Waals surface area contributed by atoms with Crippen molar-refractivity contribution in [3.05, 3.63) is 81.2 Å². The maximum Gasteiger partial charge on any atom is 0.343 e. The Kier molecular flexibility index (Phi) is 3.44. The second-order valence-electron chi connectivity index (χ2n) is 5.17. The summed E-state index contributed by atoms with van der Waals surface area (Å²) in [6.07, 6.45) is 3.77. The SMILES string of the molecule is Cc1ccc(/C=C/c2c(C)c3ccccc3oc2=O)cc1. The Hall–Kier alpha value is -2.61. The molecule has 0 atom stereocenters. The standard InChI is InChI=1S/C19H16O2/c1-13-7-9-15(10-8-13)11-12-17-14(2)16-5-3-4-6-18(16)21-19(17)20/h3-12H,1-2H3/b12-11+. The van der Waals surface area contributed by atoms with Crippen molar-refractivity contribution >= 4 is 23.1 Å². The predicted molar refractivity (Wildman–Crippen MR) is 87.3 cm³/mol. The minimum atomic E-state index is -0.297. The Morgan fingerprint density at radius 1 is 0.905 bits per heavy atom. The van der Waals surface area contributed by atoms with Crippen LogP contribution in [0.3, 0.4) is 0 Å². The number of fused-ring (bicyclic) bond motifs is 1. The first-order valence-corrected chi connectivity index (χ1v) is 6.92. The number of benzene rings is 2. The molecule has 104 valence electrons. The summed E-state index contributed by atoms with van der Waals surface area (Å²) in [6, 6.07) is 15.8. The molecule has 0 saturated heterocycles. The molecule has 0 bridgehead atoms. The van der Waals surface area contributed by atoms with Gasteiger partial charge in [0.1, 0.15) is 5.58 Å². The Labute approximate surface area is 123 Å². The van der Waals surface area contributed by atoms with Gasteiger partial charge in [0.2, 0.25) is 0 Å². The number of rotatable bonds is 2. The van der Waals surface area contributed by atoms with Gasteiger partial charge in [0, 0.05) is 5.39 Å². The van der Waals surface area contributed by atoms with Crippen molar-refractivity contribution in [1.29, 1.82) is 0 Å². The Morgan fingerprint density at radius 2 is 1.62 bits per heavy atom. The average molecular weight is 276 g/mol. The molecule has 0 aliphatic rings. The fourth-order valence-electron chi connectivity index (χ4n) is 2.37. The molecule has 2 nitrogen and oxygen atoms in total. The third-order valence-corrected chi connectivity index (χ3v) is 3.64. The molecule has 0 unspecified atom stereocenters. The second kappa shape index (κ2) is 5.41. The predicted octanol–water partition coefficient (Wildman–Crippen LogP) is 4.58. The molecule has 3 rings (SSSR count). The van der Waals surface area contributed by atoms with Gasteiger partial charge >= 0.3 is 5.63 Å². The molecule has 0 amide bonds. The van der Waals surface area contributed by atoms with Crippen LogP contribution in [0.1, 0.15) is 22.3 Å². The smallest absolute Gasteiger partial charge is 0.343 e. The summed E-state index contributed by atoms with van der Waals surface area (Å²) in [4.78, 5) is 12.1. The Bertz CT molecular complexity index is 868. The van der Waals surface area contributed by atoms with E-state index in [1.165, 1.54) is 5.56 Å². The Morgan fingerprint density at radius 3 is 2.38 bits per heavy atom. The minimum Gasteiger partial charge on any atom is -0.422 e. The monoisotopic (exact) mass is 276 g/mol. The summed E-state index contributed by atoms with van der Waals surface area (Å²) in [6.45, 7) is 4.00. The van der Waals surface area contributed by atoms with Gasteiger partial charge in [-0.3, -0.25) is 0 Å². The summed E-state index contributed by atoms with van der Waals surface area (Å²) in [5.41, 5.74) is 4.17. The fraction of sp³-hybridized carbons (Fsp3) is 0.105. The van der Waals surface area contributed by atoms with Crippen molar-refractivity contribution in [2.75, 3.05) is 0 Å². The molecule has 0 N–H and O–H groups in total. The second-order valence-corrected chi connectivity index (χ2v) is 5.17.